The number of alkyl halides is 3. The van der Waals surface area contributed by atoms with Crippen LogP contribution in [0.1, 0.15) is 27.0 Å². The Bertz CT molecular complexity index is 1210. The molecule has 33 heavy (non-hydrogen) atoms. The maximum Gasteiger partial charge on any atom is 0.416 e. The summed E-state index contributed by atoms with van der Waals surface area (Å²) in [5.74, 6) is -0.679. The second-order valence-corrected chi connectivity index (χ2v) is 8.77. The highest BCUT2D eigenvalue weighted by Crippen LogP contribution is 2.33. The lowest BCUT2D eigenvalue weighted by Crippen LogP contribution is -2.06. The number of halogens is 4. The number of allylic oxidation sites excluding steroid dienone is 1. The van der Waals surface area contributed by atoms with Gasteiger partial charge in [-0.05, 0) is 53.6 Å². The van der Waals surface area contributed by atoms with E-state index in [0.29, 0.717) is 11.3 Å². The number of rotatable bonds is 7. The van der Waals surface area contributed by atoms with Gasteiger partial charge < -0.3 is 5.11 Å². The van der Waals surface area contributed by atoms with E-state index in [0.717, 1.165) is 58.2 Å². The van der Waals surface area contributed by atoms with Crippen LogP contribution >= 0.6 is 27.7 Å². The molecule has 3 rings (SSSR count). The van der Waals surface area contributed by atoms with Crippen molar-refractivity contribution in [3.63, 3.8) is 0 Å². The third kappa shape index (κ3) is 6.45. The van der Waals surface area contributed by atoms with E-state index in [1.54, 1.807) is 0 Å². The summed E-state index contributed by atoms with van der Waals surface area (Å²) in [6.07, 6.45) is -3.08. The summed E-state index contributed by atoms with van der Waals surface area (Å²) in [5.41, 5.74) is -0.0566. The molecule has 0 aliphatic carbocycles. The number of nitro benzene ring substituents is 1. The van der Waals surface area contributed by atoms with Crippen molar-refractivity contribution in [3.8, 4) is 5.75 Å². The van der Waals surface area contributed by atoms with Crippen molar-refractivity contribution in [1.29, 1.82) is 0 Å². The minimum atomic E-state index is -4.52. The van der Waals surface area contributed by atoms with Gasteiger partial charge in [-0.1, -0.05) is 40.2 Å². The fourth-order valence-electron chi connectivity index (χ4n) is 2.80. The second kappa shape index (κ2) is 10.2. The number of hydrogen-bond acceptors (Lipinski definition) is 5. The number of phenolic OH excluding ortho intramolecular Hbond substituents is 1. The molecular weight excluding hydrogens is 523 g/mol. The lowest BCUT2D eigenvalue weighted by atomic mass is 10.1. The fourth-order valence-corrected chi connectivity index (χ4v) is 4.05. The highest BCUT2D eigenvalue weighted by molar-refractivity contribution is 9.10. The number of aromatic hydroxyl groups is 1. The lowest BCUT2D eigenvalue weighted by molar-refractivity contribution is -0.385. The van der Waals surface area contributed by atoms with Crippen molar-refractivity contribution in [2.75, 3.05) is 0 Å². The summed E-state index contributed by atoms with van der Waals surface area (Å²) >= 11 is 4.50. The van der Waals surface area contributed by atoms with Gasteiger partial charge in [0.25, 0.3) is 0 Å². The van der Waals surface area contributed by atoms with Gasteiger partial charge in [-0.15, -0.1) is 11.8 Å². The third-order valence-electron chi connectivity index (χ3n) is 4.50. The maximum absolute atomic E-state index is 13.1. The van der Waals surface area contributed by atoms with Crippen molar-refractivity contribution >= 4 is 45.2 Å². The molecule has 3 aromatic rings. The summed E-state index contributed by atoms with van der Waals surface area (Å²) in [7, 11) is 0. The van der Waals surface area contributed by atoms with Crippen molar-refractivity contribution in [1.82, 2.24) is 0 Å². The molecule has 0 aliphatic heterocycles. The van der Waals surface area contributed by atoms with E-state index in [9.17, 15) is 33.2 Å². The molecule has 0 radical (unpaired) electrons. The standard InChI is InChI=1S/C23H15BrF3NO4S/c24-18-8-1-14(2-9-18)13-33-21(12-15-3-10-19(28(31)32)20(29)11-15)22(30)16-4-6-17(7-5-16)23(25,26)27/h1-12,29H,13H2. The normalized spacial score (nSPS) is 11.9. The van der Waals surface area contributed by atoms with E-state index < -0.39 is 33.9 Å². The Hall–Kier alpha value is -3.11. The molecular formula is C23H15BrF3NO4S. The van der Waals surface area contributed by atoms with E-state index in [1.165, 1.54) is 12.1 Å². The average molecular weight is 538 g/mol. The number of hydrogen-bond donors (Lipinski definition) is 1. The van der Waals surface area contributed by atoms with Crippen LogP contribution in [0.15, 0.2) is 76.1 Å². The first-order valence-corrected chi connectivity index (χ1v) is 11.1. The zero-order valence-electron chi connectivity index (χ0n) is 16.7. The minimum absolute atomic E-state index is 0.0590. The summed E-state index contributed by atoms with van der Waals surface area (Å²) in [6.45, 7) is 0. The molecule has 5 nitrogen and oxygen atoms in total. The van der Waals surface area contributed by atoms with Gasteiger partial charge in [0.1, 0.15) is 0 Å². The first-order chi connectivity index (χ1) is 15.5. The van der Waals surface area contributed by atoms with Gasteiger partial charge in [-0.3, -0.25) is 14.9 Å². The summed E-state index contributed by atoms with van der Waals surface area (Å²) < 4.78 is 39.4. The first-order valence-electron chi connectivity index (χ1n) is 9.33. The third-order valence-corrected chi connectivity index (χ3v) is 6.12. The molecule has 0 aliphatic rings. The zero-order chi connectivity index (χ0) is 24.2. The Morgan fingerprint density at radius 2 is 1.70 bits per heavy atom. The van der Waals surface area contributed by atoms with Gasteiger partial charge in [0.2, 0.25) is 0 Å². The van der Waals surface area contributed by atoms with E-state index in [4.69, 9.17) is 0 Å². The molecule has 0 saturated carbocycles. The Kier molecular flexibility index (Phi) is 7.60. The van der Waals surface area contributed by atoms with Gasteiger partial charge >= 0.3 is 11.9 Å². The van der Waals surface area contributed by atoms with Crippen LogP contribution in [0.5, 0.6) is 5.75 Å². The van der Waals surface area contributed by atoms with E-state index in [-0.39, 0.29) is 10.5 Å². The Balaban J connectivity index is 1.94. The van der Waals surface area contributed by atoms with Crippen molar-refractivity contribution in [2.24, 2.45) is 0 Å². The quantitative estimate of drug-likeness (QED) is 0.149. The second-order valence-electron chi connectivity index (χ2n) is 6.83. The first kappa shape index (κ1) is 24.5. The number of carbonyl (C=O) groups excluding carboxylic acids is 1. The van der Waals surface area contributed by atoms with Crippen LogP contribution in [0.2, 0.25) is 0 Å². The highest BCUT2D eigenvalue weighted by atomic mass is 79.9. The van der Waals surface area contributed by atoms with E-state index >= 15 is 0 Å². The molecule has 170 valence electrons. The van der Waals surface area contributed by atoms with Crippen LogP contribution in [-0.2, 0) is 11.9 Å². The number of thioether (sulfide) groups is 1. The summed E-state index contributed by atoms with van der Waals surface area (Å²) in [4.78, 5) is 23.5. The van der Waals surface area contributed by atoms with Crippen LogP contribution in [0.25, 0.3) is 6.08 Å². The predicted octanol–water partition coefficient (Wildman–Crippen LogP) is 7.24. The van der Waals surface area contributed by atoms with Gasteiger partial charge in [-0.25, -0.2) is 0 Å². The molecule has 1 N–H and O–H groups in total. The molecule has 0 aromatic heterocycles. The fraction of sp³-hybridized carbons (Fsp3) is 0.0870. The summed E-state index contributed by atoms with van der Waals surface area (Å²) in [5, 5.41) is 20.8. The van der Waals surface area contributed by atoms with Crippen LogP contribution < -0.4 is 0 Å². The van der Waals surface area contributed by atoms with Crippen LogP contribution in [0, 0.1) is 10.1 Å². The molecule has 0 bridgehead atoms. The zero-order valence-corrected chi connectivity index (χ0v) is 19.1. The van der Waals surface area contributed by atoms with Gasteiger partial charge in [-0.2, -0.15) is 13.2 Å². The van der Waals surface area contributed by atoms with Crippen LogP contribution in [0.3, 0.4) is 0 Å². The number of carbonyl (C=O) groups is 1. The highest BCUT2D eigenvalue weighted by Gasteiger charge is 2.30. The van der Waals surface area contributed by atoms with Gasteiger partial charge in [0.05, 0.1) is 15.4 Å². The number of nitrogens with zero attached hydrogens (tertiary/aromatic N) is 1. The summed E-state index contributed by atoms with van der Waals surface area (Å²) in [6, 6.07) is 14.9. The lowest BCUT2D eigenvalue weighted by Gasteiger charge is -2.10. The number of phenols is 1. The average Bonchev–Trinajstić information content (AvgIpc) is 2.76. The minimum Gasteiger partial charge on any atom is -0.502 e. The van der Waals surface area contributed by atoms with Gasteiger partial charge in [0, 0.05) is 21.9 Å². The molecule has 0 amide bonds. The molecule has 0 saturated heterocycles. The Morgan fingerprint density at radius 3 is 2.24 bits per heavy atom. The Labute approximate surface area is 199 Å². The molecule has 0 atom stereocenters. The molecule has 0 heterocycles. The topological polar surface area (TPSA) is 80.4 Å². The van der Waals surface area contributed by atoms with Crippen molar-refractivity contribution < 1.29 is 28.0 Å². The molecule has 10 heteroatoms. The molecule has 0 spiro atoms. The maximum atomic E-state index is 13.1. The van der Waals surface area contributed by atoms with Crippen molar-refractivity contribution in [3.05, 3.63) is 108 Å². The largest absolute Gasteiger partial charge is 0.502 e. The van der Waals surface area contributed by atoms with E-state index in [2.05, 4.69) is 15.9 Å². The molecule has 3 aromatic carbocycles. The van der Waals surface area contributed by atoms with Crippen LogP contribution in [-0.4, -0.2) is 15.8 Å². The molecule has 0 unspecified atom stereocenters. The number of nitro groups is 1. The van der Waals surface area contributed by atoms with Crippen molar-refractivity contribution in [2.45, 2.75) is 11.9 Å². The number of ketones is 1. The SMILES string of the molecule is O=C(C(=Cc1ccc([N+](=O)[O-])c(O)c1)SCc1ccc(Br)cc1)c1ccc(C(F)(F)F)cc1. The van der Waals surface area contributed by atoms with Crippen LogP contribution in [0.4, 0.5) is 18.9 Å². The van der Waals surface area contributed by atoms with E-state index in [1.807, 2.05) is 24.3 Å². The number of Topliss-reactive ketones (excluding diaryl/α,β-unsaturated/α-hetero) is 1. The monoisotopic (exact) mass is 537 g/mol. The number of benzene rings is 3. The Morgan fingerprint density at radius 1 is 1.06 bits per heavy atom. The smallest absolute Gasteiger partial charge is 0.416 e. The predicted molar refractivity (Wildman–Crippen MR) is 124 cm³/mol. The molecule has 0 fully saturated rings. The van der Waals surface area contributed by atoms with Gasteiger partial charge in [0.15, 0.2) is 11.5 Å².